The lowest BCUT2D eigenvalue weighted by Gasteiger charge is -2.41. The van der Waals surface area contributed by atoms with Crippen LogP contribution in [0.1, 0.15) is 54.4 Å². The number of piperidine rings is 1. The monoisotopic (exact) mass is 421 g/mol. The third kappa shape index (κ3) is 4.09. The number of halogens is 1. The second-order valence-electron chi connectivity index (χ2n) is 8.01. The second-order valence-corrected chi connectivity index (χ2v) is 8.01. The molecule has 29 heavy (non-hydrogen) atoms. The molecular formula is C20H28ClN5O3. The summed E-state index contributed by atoms with van der Waals surface area (Å²) >= 11 is 0. The fraction of sp³-hybridized carbons (Fsp3) is 0.600. The Balaban J connectivity index is 0.00000240. The molecule has 2 saturated heterocycles. The third-order valence-electron chi connectivity index (χ3n) is 5.71. The predicted octanol–water partition coefficient (Wildman–Crippen LogP) is 2.11. The van der Waals surface area contributed by atoms with Crippen molar-refractivity contribution in [3.63, 3.8) is 0 Å². The Morgan fingerprint density at radius 3 is 2.86 bits per heavy atom. The second kappa shape index (κ2) is 8.67. The molecule has 0 aliphatic carbocycles. The minimum absolute atomic E-state index is 0. The Bertz CT molecular complexity index is 913. The molecule has 4 heterocycles. The Labute approximate surface area is 176 Å². The number of piperazine rings is 1. The van der Waals surface area contributed by atoms with Gasteiger partial charge in [-0.25, -0.2) is 4.98 Å². The number of amides is 2. The van der Waals surface area contributed by atoms with Gasteiger partial charge in [0.15, 0.2) is 0 Å². The zero-order valence-corrected chi connectivity index (χ0v) is 17.9. The van der Waals surface area contributed by atoms with Crippen LogP contribution in [0, 0.1) is 6.92 Å². The molecule has 1 unspecified atom stereocenters. The van der Waals surface area contributed by atoms with Crippen molar-refractivity contribution in [3.05, 3.63) is 23.0 Å². The molecule has 9 heteroatoms. The molecule has 8 nitrogen and oxygen atoms in total. The zero-order chi connectivity index (χ0) is 19.8. The van der Waals surface area contributed by atoms with Crippen LogP contribution in [0.15, 0.2) is 10.6 Å². The van der Waals surface area contributed by atoms with Crippen molar-refractivity contribution in [1.82, 2.24) is 25.3 Å². The molecule has 4 rings (SSSR count). The topological polar surface area (TPSA) is 91.6 Å². The highest BCUT2D eigenvalue weighted by atomic mass is 35.5. The molecule has 2 aromatic heterocycles. The number of fused-ring (bicyclic) bond motifs is 1. The number of hydrogen-bond acceptors (Lipinski definition) is 6. The van der Waals surface area contributed by atoms with Crippen molar-refractivity contribution < 1.29 is 14.1 Å². The molecule has 1 atom stereocenters. The highest BCUT2D eigenvalue weighted by Crippen LogP contribution is 2.27. The molecule has 0 spiro atoms. The van der Waals surface area contributed by atoms with E-state index in [-0.39, 0.29) is 36.2 Å². The van der Waals surface area contributed by atoms with Crippen molar-refractivity contribution in [2.75, 3.05) is 32.7 Å². The average molecular weight is 422 g/mol. The van der Waals surface area contributed by atoms with Gasteiger partial charge in [0.05, 0.1) is 23.2 Å². The molecule has 0 saturated carbocycles. The van der Waals surface area contributed by atoms with E-state index in [0.717, 1.165) is 25.1 Å². The first-order chi connectivity index (χ1) is 13.5. The van der Waals surface area contributed by atoms with Crippen LogP contribution in [0.4, 0.5) is 0 Å². The lowest BCUT2D eigenvalue weighted by Crippen LogP contribution is -2.57. The van der Waals surface area contributed by atoms with Gasteiger partial charge in [0.25, 0.3) is 11.6 Å². The van der Waals surface area contributed by atoms with Crippen molar-refractivity contribution in [2.24, 2.45) is 0 Å². The molecule has 2 fully saturated rings. The van der Waals surface area contributed by atoms with E-state index in [1.54, 1.807) is 0 Å². The number of likely N-dealkylation sites (tertiary alicyclic amines) is 1. The molecule has 2 aliphatic heterocycles. The van der Waals surface area contributed by atoms with E-state index in [2.05, 4.69) is 15.5 Å². The van der Waals surface area contributed by atoms with E-state index in [0.29, 0.717) is 48.5 Å². The van der Waals surface area contributed by atoms with Crippen molar-refractivity contribution in [2.45, 2.75) is 45.6 Å². The van der Waals surface area contributed by atoms with Crippen LogP contribution >= 0.6 is 12.4 Å². The lowest BCUT2D eigenvalue weighted by molar-refractivity contribution is -0.135. The molecular weight excluding hydrogens is 394 g/mol. The van der Waals surface area contributed by atoms with Crippen molar-refractivity contribution >= 4 is 35.3 Å². The molecule has 2 aliphatic rings. The van der Waals surface area contributed by atoms with Gasteiger partial charge < -0.3 is 19.6 Å². The highest BCUT2D eigenvalue weighted by Gasteiger charge is 2.33. The van der Waals surface area contributed by atoms with Crippen LogP contribution in [0.2, 0.25) is 0 Å². The van der Waals surface area contributed by atoms with Crippen LogP contribution in [-0.2, 0) is 4.79 Å². The Morgan fingerprint density at radius 1 is 1.34 bits per heavy atom. The van der Waals surface area contributed by atoms with E-state index in [1.165, 1.54) is 0 Å². The standard InChI is InChI=1S/C20H27N5O3.ClH/c1-12(2)16-9-15(18-13(3)23-28-19(18)22-16)20(27)24-7-4-5-14(11-24)25-8-6-21-10-17(25)26;/h9,12,14,21H,4-8,10-11H2,1-3H3;1H. The van der Waals surface area contributed by atoms with Gasteiger partial charge in [0.2, 0.25) is 5.91 Å². The lowest BCUT2D eigenvalue weighted by atomic mass is 9.99. The molecule has 2 aromatic rings. The van der Waals surface area contributed by atoms with Gasteiger partial charge in [-0.1, -0.05) is 19.0 Å². The van der Waals surface area contributed by atoms with Gasteiger partial charge in [-0.15, -0.1) is 12.4 Å². The molecule has 158 valence electrons. The summed E-state index contributed by atoms with van der Waals surface area (Å²) in [6, 6.07) is 1.96. The van der Waals surface area contributed by atoms with Gasteiger partial charge in [-0.2, -0.15) is 0 Å². The maximum atomic E-state index is 13.5. The Hall–Kier alpha value is -2.19. The van der Waals surface area contributed by atoms with Crippen LogP contribution < -0.4 is 5.32 Å². The summed E-state index contributed by atoms with van der Waals surface area (Å²) in [5.74, 6) is 0.260. The van der Waals surface area contributed by atoms with Gasteiger partial charge in [-0.05, 0) is 31.7 Å². The smallest absolute Gasteiger partial charge is 0.259 e. The summed E-state index contributed by atoms with van der Waals surface area (Å²) in [4.78, 5) is 34.1. The molecule has 0 bridgehead atoms. The number of rotatable bonds is 3. The fourth-order valence-corrected chi connectivity index (χ4v) is 4.15. The molecule has 2 amide bonds. The summed E-state index contributed by atoms with van der Waals surface area (Å²) in [5.41, 5.74) is 2.50. The molecule has 0 aromatic carbocycles. The number of aromatic nitrogens is 2. The van der Waals surface area contributed by atoms with Crippen LogP contribution in [0.25, 0.3) is 11.1 Å². The first-order valence-corrected chi connectivity index (χ1v) is 10.0. The van der Waals surface area contributed by atoms with E-state index < -0.39 is 0 Å². The van der Waals surface area contributed by atoms with Crippen LogP contribution in [0.3, 0.4) is 0 Å². The summed E-state index contributed by atoms with van der Waals surface area (Å²) in [6.07, 6.45) is 1.83. The van der Waals surface area contributed by atoms with Gasteiger partial charge in [-0.3, -0.25) is 9.59 Å². The first kappa shape index (κ1) is 21.5. The molecule has 1 N–H and O–H groups in total. The summed E-state index contributed by atoms with van der Waals surface area (Å²) in [6.45, 7) is 9.06. The van der Waals surface area contributed by atoms with Crippen molar-refractivity contribution in [3.8, 4) is 0 Å². The highest BCUT2D eigenvalue weighted by molar-refractivity contribution is 6.06. The number of pyridine rings is 1. The van der Waals surface area contributed by atoms with Gasteiger partial charge in [0.1, 0.15) is 0 Å². The average Bonchev–Trinajstić information content (AvgIpc) is 3.08. The maximum Gasteiger partial charge on any atom is 0.259 e. The number of hydrogen-bond donors (Lipinski definition) is 1. The fourth-order valence-electron chi connectivity index (χ4n) is 4.15. The third-order valence-corrected chi connectivity index (χ3v) is 5.71. The van der Waals surface area contributed by atoms with Gasteiger partial charge in [0, 0.05) is 37.9 Å². The zero-order valence-electron chi connectivity index (χ0n) is 17.1. The number of carbonyl (C=O) groups excluding carboxylic acids is 2. The first-order valence-electron chi connectivity index (χ1n) is 10.0. The van der Waals surface area contributed by atoms with Crippen LogP contribution in [-0.4, -0.2) is 70.5 Å². The summed E-state index contributed by atoms with van der Waals surface area (Å²) in [7, 11) is 0. The Kier molecular flexibility index (Phi) is 6.43. The van der Waals surface area contributed by atoms with E-state index in [4.69, 9.17) is 4.52 Å². The number of nitrogens with zero attached hydrogens (tertiary/aromatic N) is 4. The Morgan fingerprint density at radius 2 is 2.14 bits per heavy atom. The number of aryl methyl sites for hydroxylation is 1. The van der Waals surface area contributed by atoms with E-state index >= 15 is 0 Å². The van der Waals surface area contributed by atoms with Crippen LogP contribution in [0.5, 0.6) is 0 Å². The number of nitrogens with one attached hydrogen (secondary N) is 1. The minimum atomic E-state index is -0.0344. The number of carbonyl (C=O) groups is 2. The summed E-state index contributed by atoms with van der Waals surface area (Å²) < 4.78 is 5.36. The predicted molar refractivity (Wildman–Crippen MR) is 111 cm³/mol. The molecule has 0 radical (unpaired) electrons. The largest absolute Gasteiger partial charge is 0.337 e. The quantitative estimate of drug-likeness (QED) is 0.816. The van der Waals surface area contributed by atoms with Gasteiger partial charge >= 0.3 is 0 Å². The summed E-state index contributed by atoms with van der Waals surface area (Å²) in [5, 5.41) is 7.81. The SMILES string of the molecule is Cc1noc2nc(C(C)C)cc(C(=O)N3CCCC(N4CCNCC4=O)C3)c12.Cl. The minimum Gasteiger partial charge on any atom is -0.337 e. The maximum absolute atomic E-state index is 13.5. The normalized spacial score (nSPS) is 20.3. The van der Waals surface area contributed by atoms with E-state index in [9.17, 15) is 9.59 Å². The van der Waals surface area contributed by atoms with Crippen molar-refractivity contribution in [1.29, 1.82) is 0 Å². The van der Waals surface area contributed by atoms with E-state index in [1.807, 2.05) is 36.6 Å².